The summed E-state index contributed by atoms with van der Waals surface area (Å²) in [4.78, 5) is 12.2. The molecule has 3 heteroatoms. The summed E-state index contributed by atoms with van der Waals surface area (Å²) in [5.74, 6) is -0.865. The van der Waals surface area contributed by atoms with Gasteiger partial charge in [0.25, 0.3) is 0 Å². The van der Waals surface area contributed by atoms with Crippen molar-refractivity contribution in [1.29, 1.82) is 0 Å². The average Bonchev–Trinajstić information content (AvgIpc) is 2.45. The van der Waals surface area contributed by atoms with Gasteiger partial charge in [0.05, 0.1) is 21.1 Å². The van der Waals surface area contributed by atoms with Crippen molar-refractivity contribution in [2.24, 2.45) is 5.41 Å². The van der Waals surface area contributed by atoms with E-state index in [-0.39, 0.29) is 5.41 Å². The van der Waals surface area contributed by atoms with E-state index in [1.54, 1.807) is 0 Å². The van der Waals surface area contributed by atoms with Crippen molar-refractivity contribution in [3.63, 3.8) is 0 Å². The van der Waals surface area contributed by atoms with Gasteiger partial charge in [-0.25, -0.2) is 0 Å². The van der Waals surface area contributed by atoms with Gasteiger partial charge in [-0.15, -0.1) is 0 Å². The van der Waals surface area contributed by atoms with Crippen molar-refractivity contribution in [3.8, 4) is 0 Å². The zero-order valence-electron chi connectivity index (χ0n) is 15.5. The summed E-state index contributed by atoms with van der Waals surface area (Å²) in [5.41, 5.74) is -0.910. The molecular formula is C19H37NO2. The molecule has 3 nitrogen and oxygen atoms in total. The maximum absolute atomic E-state index is 12.2. The van der Waals surface area contributed by atoms with E-state index in [4.69, 9.17) is 0 Å². The molecular weight excluding hydrogens is 274 g/mol. The number of hydrogen-bond acceptors (Lipinski definition) is 2. The summed E-state index contributed by atoms with van der Waals surface area (Å²) >= 11 is 0. The maximum Gasteiger partial charge on any atom is 0.141 e. The number of carbonyl (C=O) groups excluding carboxylic acids is 1. The van der Waals surface area contributed by atoms with Gasteiger partial charge in [-0.3, -0.25) is 0 Å². The van der Waals surface area contributed by atoms with E-state index < -0.39 is 11.5 Å². The van der Waals surface area contributed by atoms with Crippen molar-refractivity contribution >= 4 is 5.97 Å². The van der Waals surface area contributed by atoms with Crippen LogP contribution >= 0.6 is 0 Å². The van der Waals surface area contributed by atoms with Crippen LogP contribution in [-0.2, 0) is 4.79 Å². The third-order valence-corrected chi connectivity index (χ3v) is 6.34. The van der Waals surface area contributed by atoms with Crippen molar-refractivity contribution < 1.29 is 14.4 Å². The zero-order chi connectivity index (χ0) is 16.9. The highest BCUT2D eigenvalue weighted by atomic mass is 16.4. The maximum atomic E-state index is 12.2. The number of carboxylic acid groups (broad SMARTS) is 1. The van der Waals surface area contributed by atoms with E-state index in [9.17, 15) is 9.90 Å². The van der Waals surface area contributed by atoms with Crippen LogP contribution in [0.3, 0.4) is 0 Å². The van der Waals surface area contributed by atoms with Crippen LogP contribution in [0.15, 0.2) is 0 Å². The molecule has 1 unspecified atom stereocenters. The summed E-state index contributed by atoms with van der Waals surface area (Å²) in [5, 5.41) is 12.2. The number of hydrogen-bond donors (Lipinski definition) is 0. The Morgan fingerprint density at radius 3 is 2.05 bits per heavy atom. The smallest absolute Gasteiger partial charge is 0.141 e. The first-order chi connectivity index (χ1) is 10.2. The molecule has 0 aromatic rings. The van der Waals surface area contributed by atoms with E-state index >= 15 is 0 Å². The van der Waals surface area contributed by atoms with Crippen LogP contribution in [0.25, 0.3) is 0 Å². The fourth-order valence-electron chi connectivity index (χ4n) is 4.48. The van der Waals surface area contributed by atoms with E-state index in [1.807, 2.05) is 28.1 Å². The second kappa shape index (κ2) is 7.81. The lowest BCUT2D eigenvalue weighted by Gasteiger charge is -2.57. The number of carboxylic acids is 1. The fraction of sp³-hybridized carbons (Fsp3) is 0.947. The van der Waals surface area contributed by atoms with E-state index in [0.29, 0.717) is 4.48 Å². The van der Waals surface area contributed by atoms with Gasteiger partial charge >= 0.3 is 0 Å². The van der Waals surface area contributed by atoms with Crippen LogP contribution < -0.4 is 5.11 Å². The Morgan fingerprint density at radius 2 is 1.59 bits per heavy atom. The minimum atomic E-state index is -0.865. The van der Waals surface area contributed by atoms with Crippen molar-refractivity contribution in [2.45, 2.75) is 90.0 Å². The number of rotatable bonds is 9. The number of quaternary nitrogens is 1. The van der Waals surface area contributed by atoms with Gasteiger partial charge in [-0.1, -0.05) is 58.3 Å². The first-order valence-electron chi connectivity index (χ1n) is 9.24. The number of unbranched alkanes of at least 4 members (excludes halogenated alkanes) is 4. The third-order valence-electron chi connectivity index (χ3n) is 6.34. The first-order valence-corrected chi connectivity index (χ1v) is 9.24. The molecule has 1 aliphatic carbocycles. The molecule has 0 bridgehead atoms. The molecule has 22 heavy (non-hydrogen) atoms. The van der Waals surface area contributed by atoms with Crippen LogP contribution in [0.1, 0.15) is 84.5 Å². The minimum Gasteiger partial charge on any atom is -0.544 e. The SMILES string of the molecule is CCCCCCCC1(C(C)(C(=O)[O-])[N+](C)(C)C)CCCCC1. The van der Waals surface area contributed by atoms with E-state index in [0.717, 1.165) is 38.5 Å². The lowest BCUT2D eigenvalue weighted by atomic mass is 9.58. The number of likely N-dealkylation sites (N-methyl/N-ethyl adjacent to an activating group) is 1. The molecule has 1 aliphatic rings. The van der Waals surface area contributed by atoms with Gasteiger partial charge in [-0.05, 0) is 26.2 Å². The highest BCUT2D eigenvalue weighted by Crippen LogP contribution is 2.52. The van der Waals surface area contributed by atoms with Crippen LogP contribution in [0, 0.1) is 5.41 Å². The van der Waals surface area contributed by atoms with Crippen molar-refractivity contribution in [2.75, 3.05) is 21.1 Å². The van der Waals surface area contributed by atoms with Gasteiger partial charge in [-0.2, -0.15) is 0 Å². The predicted molar refractivity (Wildman–Crippen MR) is 90.3 cm³/mol. The lowest BCUT2D eigenvalue weighted by molar-refractivity contribution is -0.923. The Labute approximate surface area is 137 Å². The molecule has 0 radical (unpaired) electrons. The Balaban J connectivity index is 2.96. The summed E-state index contributed by atoms with van der Waals surface area (Å²) in [6.07, 6.45) is 12.9. The average molecular weight is 312 g/mol. The largest absolute Gasteiger partial charge is 0.544 e. The van der Waals surface area contributed by atoms with Crippen LogP contribution in [0.5, 0.6) is 0 Å². The second-order valence-corrected chi connectivity index (χ2v) is 8.38. The van der Waals surface area contributed by atoms with Crippen molar-refractivity contribution in [3.05, 3.63) is 0 Å². The molecule has 0 heterocycles. The van der Waals surface area contributed by atoms with Gasteiger partial charge in [0, 0.05) is 5.41 Å². The van der Waals surface area contributed by atoms with Crippen LogP contribution in [0.4, 0.5) is 0 Å². The standard InChI is InChI=1S/C19H37NO2/c1-6-7-8-9-11-14-19(15-12-10-13-16-19)18(2,17(21)22)20(3,4)5/h6-16H2,1-5H3. The van der Waals surface area contributed by atoms with Gasteiger partial charge in [0.2, 0.25) is 0 Å². The molecule has 0 amide bonds. The summed E-state index contributed by atoms with van der Waals surface area (Å²) < 4.78 is 0.449. The summed E-state index contributed by atoms with van der Waals surface area (Å²) in [6, 6.07) is 0. The number of nitrogens with zero attached hydrogens (tertiary/aromatic N) is 1. The molecule has 1 saturated carbocycles. The van der Waals surface area contributed by atoms with Gasteiger partial charge in [0.15, 0.2) is 0 Å². The zero-order valence-corrected chi connectivity index (χ0v) is 15.5. The Bertz CT molecular complexity index is 353. The van der Waals surface area contributed by atoms with Crippen LogP contribution in [-0.4, -0.2) is 37.1 Å². The highest BCUT2D eigenvalue weighted by molar-refractivity contribution is 5.76. The molecule has 0 aromatic heterocycles. The van der Waals surface area contributed by atoms with Gasteiger partial charge < -0.3 is 14.4 Å². The van der Waals surface area contributed by atoms with Gasteiger partial charge in [0.1, 0.15) is 11.5 Å². The Kier molecular flexibility index (Phi) is 6.91. The summed E-state index contributed by atoms with van der Waals surface area (Å²) in [7, 11) is 6.05. The molecule has 0 N–H and O–H groups in total. The molecule has 0 aliphatic heterocycles. The Hall–Kier alpha value is -0.570. The lowest BCUT2D eigenvalue weighted by Crippen LogP contribution is -2.72. The molecule has 1 fully saturated rings. The first kappa shape index (κ1) is 19.5. The number of aliphatic carboxylic acids is 1. The molecule has 0 aromatic carbocycles. The minimum absolute atomic E-state index is 0.103. The highest BCUT2D eigenvalue weighted by Gasteiger charge is 2.57. The monoisotopic (exact) mass is 311 g/mol. The normalized spacial score (nSPS) is 21.3. The molecule has 0 spiro atoms. The Morgan fingerprint density at radius 1 is 1.05 bits per heavy atom. The molecule has 0 saturated heterocycles. The predicted octanol–water partition coefficient (Wildman–Crippen LogP) is 3.51. The molecule has 1 rings (SSSR count). The topological polar surface area (TPSA) is 40.1 Å². The van der Waals surface area contributed by atoms with E-state index in [1.165, 1.54) is 32.1 Å². The van der Waals surface area contributed by atoms with Crippen molar-refractivity contribution in [1.82, 2.24) is 0 Å². The second-order valence-electron chi connectivity index (χ2n) is 8.38. The third kappa shape index (κ3) is 3.84. The van der Waals surface area contributed by atoms with E-state index in [2.05, 4.69) is 6.92 Å². The quantitative estimate of drug-likeness (QED) is 0.483. The molecule has 1 atom stereocenters. The molecule has 130 valence electrons. The summed E-state index contributed by atoms with van der Waals surface area (Å²) in [6.45, 7) is 4.17. The number of carbonyl (C=O) groups is 1. The fourth-order valence-corrected chi connectivity index (χ4v) is 4.48. The van der Waals surface area contributed by atoms with Crippen LogP contribution in [0.2, 0.25) is 0 Å².